The van der Waals surface area contributed by atoms with E-state index in [0.717, 1.165) is 6.07 Å². The molecule has 0 saturated carbocycles. The second kappa shape index (κ2) is 6.40. The molecular formula is C18H16O8. The van der Waals surface area contributed by atoms with Crippen LogP contribution in [0, 0.1) is 0 Å². The Bertz CT molecular complexity index is 1030. The lowest BCUT2D eigenvalue weighted by atomic mass is 10.1. The maximum Gasteiger partial charge on any atom is 0.204 e. The number of hydrogen-bond donors (Lipinski definition) is 3. The zero-order chi connectivity index (χ0) is 19.0. The summed E-state index contributed by atoms with van der Waals surface area (Å²) in [6.45, 7) is 0. The van der Waals surface area contributed by atoms with E-state index < -0.39 is 11.2 Å². The number of benzene rings is 2. The van der Waals surface area contributed by atoms with Crippen LogP contribution in [-0.2, 0) is 0 Å². The van der Waals surface area contributed by atoms with Crippen LogP contribution in [0.15, 0.2) is 33.5 Å². The van der Waals surface area contributed by atoms with Crippen LogP contribution in [-0.4, -0.2) is 36.6 Å². The number of fused-ring (bicyclic) bond motifs is 1. The molecule has 0 fully saturated rings. The van der Waals surface area contributed by atoms with Crippen molar-refractivity contribution in [3.05, 3.63) is 34.5 Å². The van der Waals surface area contributed by atoms with Crippen molar-refractivity contribution in [3.63, 3.8) is 0 Å². The van der Waals surface area contributed by atoms with Crippen LogP contribution in [0.25, 0.3) is 22.3 Å². The molecule has 0 atom stereocenters. The standard InChI is InChI=1S/C18H16O8/c1-23-14-7-13-15(16(22)18(14)25-3)9(19)6-12(26-13)8-4-10(20)17(24-2)11(21)5-8/h4-7,20-22H,1-3H3. The molecule has 0 aliphatic rings. The second-order valence-corrected chi connectivity index (χ2v) is 5.36. The summed E-state index contributed by atoms with van der Waals surface area (Å²) in [5.41, 5.74) is -0.235. The van der Waals surface area contributed by atoms with Gasteiger partial charge in [-0.3, -0.25) is 4.79 Å². The van der Waals surface area contributed by atoms with E-state index in [9.17, 15) is 20.1 Å². The monoisotopic (exact) mass is 360 g/mol. The van der Waals surface area contributed by atoms with Gasteiger partial charge in [0.25, 0.3) is 0 Å². The predicted octanol–water partition coefficient (Wildman–Crippen LogP) is 2.60. The lowest BCUT2D eigenvalue weighted by molar-refractivity contribution is 0.334. The fourth-order valence-electron chi connectivity index (χ4n) is 2.70. The van der Waals surface area contributed by atoms with Crippen LogP contribution in [0.4, 0.5) is 0 Å². The number of phenolic OH excluding ortho intramolecular Hbond substituents is 3. The van der Waals surface area contributed by atoms with Crippen molar-refractivity contribution in [1.29, 1.82) is 0 Å². The maximum absolute atomic E-state index is 12.5. The quantitative estimate of drug-likeness (QED) is 0.650. The summed E-state index contributed by atoms with van der Waals surface area (Å²) in [7, 11) is 4.01. The second-order valence-electron chi connectivity index (χ2n) is 5.36. The van der Waals surface area contributed by atoms with Crippen LogP contribution in [0.2, 0.25) is 0 Å². The molecule has 1 aromatic heterocycles. The number of phenols is 3. The zero-order valence-corrected chi connectivity index (χ0v) is 14.2. The first-order chi connectivity index (χ1) is 12.4. The summed E-state index contributed by atoms with van der Waals surface area (Å²) >= 11 is 0. The molecule has 26 heavy (non-hydrogen) atoms. The van der Waals surface area contributed by atoms with Crippen LogP contribution >= 0.6 is 0 Å². The molecule has 8 heteroatoms. The van der Waals surface area contributed by atoms with Crippen LogP contribution in [0.5, 0.6) is 34.5 Å². The Morgan fingerprint density at radius 3 is 2.00 bits per heavy atom. The Morgan fingerprint density at radius 1 is 0.846 bits per heavy atom. The minimum Gasteiger partial charge on any atom is -0.504 e. The molecule has 136 valence electrons. The number of methoxy groups -OCH3 is 3. The van der Waals surface area contributed by atoms with Gasteiger partial charge in [-0.15, -0.1) is 0 Å². The van der Waals surface area contributed by atoms with Gasteiger partial charge in [-0.2, -0.15) is 0 Å². The summed E-state index contributed by atoms with van der Waals surface area (Å²) in [5.74, 6) is -0.871. The molecule has 0 amide bonds. The topological polar surface area (TPSA) is 119 Å². The molecule has 0 aliphatic carbocycles. The third-order valence-electron chi connectivity index (χ3n) is 3.88. The number of aromatic hydroxyl groups is 3. The van der Waals surface area contributed by atoms with Crippen molar-refractivity contribution in [2.24, 2.45) is 0 Å². The van der Waals surface area contributed by atoms with Crippen LogP contribution in [0.3, 0.4) is 0 Å². The summed E-state index contributed by atoms with van der Waals surface area (Å²) in [5, 5.41) is 30.1. The fourth-order valence-corrected chi connectivity index (χ4v) is 2.70. The molecule has 0 radical (unpaired) electrons. The minimum absolute atomic E-state index is 0.0137. The van der Waals surface area contributed by atoms with E-state index in [-0.39, 0.29) is 51.0 Å². The molecule has 0 spiro atoms. The molecular weight excluding hydrogens is 344 g/mol. The highest BCUT2D eigenvalue weighted by Gasteiger charge is 2.20. The van der Waals surface area contributed by atoms with Crippen molar-refractivity contribution in [1.82, 2.24) is 0 Å². The molecule has 1 heterocycles. The largest absolute Gasteiger partial charge is 0.504 e. The van der Waals surface area contributed by atoms with E-state index in [4.69, 9.17) is 18.6 Å². The normalized spacial score (nSPS) is 10.7. The smallest absolute Gasteiger partial charge is 0.204 e. The van der Waals surface area contributed by atoms with E-state index in [1.165, 1.54) is 39.5 Å². The summed E-state index contributed by atoms with van der Waals surface area (Å²) < 4.78 is 20.8. The Hall–Kier alpha value is -3.55. The first-order valence-corrected chi connectivity index (χ1v) is 7.43. The first-order valence-electron chi connectivity index (χ1n) is 7.43. The van der Waals surface area contributed by atoms with Gasteiger partial charge in [0.15, 0.2) is 28.4 Å². The Morgan fingerprint density at radius 2 is 1.46 bits per heavy atom. The minimum atomic E-state index is -0.533. The molecule has 0 aliphatic heterocycles. The van der Waals surface area contributed by atoms with Crippen molar-refractivity contribution < 1.29 is 33.9 Å². The third-order valence-corrected chi connectivity index (χ3v) is 3.88. The van der Waals surface area contributed by atoms with E-state index >= 15 is 0 Å². The van der Waals surface area contributed by atoms with Gasteiger partial charge in [-0.25, -0.2) is 0 Å². The van der Waals surface area contributed by atoms with Crippen molar-refractivity contribution in [3.8, 4) is 45.8 Å². The molecule has 0 saturated heterocycles. The van der Waals surface area contributed by atoms with Gasteiger partial charge in [0.2, 0.25) is 11.5 Å². The number of hydrogen-bond acceptors (Lipinski definition) is 8. The molecule has 3 aromatic rings. The molecule has 8 nitrogen and oxygen atoms in total. The highest BCUT2D eigenvalue weighted by atomic mass is 16.5. The summed E-state index contributed by atoms with van der Waals surface area (Å²) in [6, 6.07) is 5.10. The summed E-state index contributed by atoms with van der Waals surface area (Å²) in [4.78, 5) is 12.5. The Balaban J connectivity index is 2.29. The number of ether oxygens (including phenoxy) is 3. The van der Waals surface area contributed by atoms with Gasteiger partial charge in [-0.05, 0) is 12.1 Å². The highest BCUT2D eigenvalue weighted by Crippen LogP contribution is 2.43. The molecule has 0 unspecified atom stereocenters. The number of rotatable bonds is 4. The van der Waals surface area contributed by atoms with Gasteiger partial charge in [0.05, 0.1) is 21.3 Å². The highest BCUT2D eigenvalue weighted by molar-refractivity contribution is 5.89. The lowest BCUT2D eigenvalue weighted by Crippen LogP contribution is -2.03. The van der Waals surface area contributed by atoms with Gasteiger partial charge in [-0.1, -0.05) is 0 Å². The van der Waals surface area contributed by atoms with Crippen LogP contribution < -0.4 is 19.6 Å². The van der Waals surface area contributed by atoms with Crippen molar-refractivity contribution in [2.75, 3.05) is 21.3 Å². The predicted molar refractivity (Wildman–Crippen MR) is 92.6 cm³/mol. The maximum atomic E-state index is 12.5. The molecule has 3 N–H and O–H groups in total. The van der Waals surface area contributed by atoms with E-state index in [1.54, 1.807) is 0 Å². The van der Waals surface area contributed by atoms with E-state index in [2.05, 4.69) is 0 Å². The van der Waals surface area contributed by atoms with Gasteiger partial charge in [0.1, 0.15) is 16.7 Å². The molecule has 3 rings (SSSR count). The van der Waals surface area contributed by atoms with Crippen LogP contribution in [0.1, 0.15) is 0 Å². The van der Waals surface area contributed by atoms with Crippen molar-refractivity contribution >= 4 is 11.0 Å². The van der Waals surface area contributed by atoms with Gasteiger partial charge in [0, 0.05) is 17.7 Å². The van der Waals surface area contributed by atoms with Gasteiger partial charge >= 0.3 is 0 Å². The van der Waals surface area contributed by atoms with E-state index in [1.807, 2.05) is 0 Å². The van der Waals surface area contributed by atoms with E-state index in [0.29, 0.717) is 0 Å². The Kier molecular flexibility index (Phi) is 4.25. The first kappa shape index (κ1) is 17.3. The SMILES string of the molecule is COc1cc2oc(-c3cc(O)c(OC)c(O)c3)cc(=O)c2c(O)c1OC. The fraction of sp³-hybridized carbons (Fsp3) is 0.167. The molecule has 2 aromatic carbocycles. The average molecular weight is 360 g/mol. The third kappa shape index (κ3) is 2.61. The Labute approximate surface area is 147 Å². The zero-order valence-electron chi connectivity index (χ0n) is 14.2. The lowest BCUT2D eigenvalue weighted by Gasteiger charge is -2.12. The van der Waals surface area contributed by atoms with Gasteiger partial charge < -0.3 is 33.9 Å². The van der Waals surface area contributed by atoms with Crippen molar-refractivity contribution in [2.45, 2.75) is 0 Å². The molecule has 0 bridgehead atoms. The average Bonchev–Trinajstić information content (AvgIpc) is 2.60. The summed E-state index contributed by atoms with van der Waals surface area (Å²) in [6.07, 6.45) is 0.